The molecule has 0 bridgehead atoms. The molecule has 0 amide bonds. The number of fused-ring (bicyclic) bond motifs is 2. The fourth-order valence-electron chi connectivity index (χ4n) is 3.55. The molecular formula is C23H16N2O6S. The molecule has 2 heterocycles. The van der Waals surface area contributed by atoms with Crippen molar-refractivity contribution in [1.82, 2.24) is 4.98 Å². The zero-order valence-corrected chi connectivity index (χ0v) is 17.5. The van der Waals surface area contributed by atoms with Crippen molar-refractivity contribution in [3.05, 3.63) is 87.5 Å². The Labute approximate surface area is 186 Å². The second kappa shape index (κ2) is 8.37. The number of benzene rings is 3. The fourth-order valence-corrected chi connectivity index (χ4v) is 4.55. The smallest absolute Gasteiger partial charge is 0.339 e. The summed E-state index contributed by atoms with van der Waals surface area (Å²) in [6, 6.07) is 17.6. The van der Waals surface area contributed by atoms with Crippen molar-refractivity contribution < 1.29 is 23.9 Å². The van der Waals surface area contributed by atoms with Crippen LogP contribution < -0.4 is 4.74 Å². The van der Waals surface area contributed by atoms with E-state index >= 15 is 0 Å². The van der Waals surface area contributed by atoms with Crippen LogP contribution in [0.4, 0.5) is 5.69 Å². The summed E-state index contributed by atoms with van der Waals surface area (Å²) in [5, 5.41) is 12.0. The van der Waals surface area contributed by atoms with Gasteiger partial charge in [0.2, 0.25) is 0 Å². The first-order valence-corrected chi connectivity index (χ1v) is 10.5. The number of ether oxygens (including phenoxy) is 3. The number of rotatable bonds is 5. The zero-order valence-electron chi connectivity index (χ0n) is 16.6. The van der Waals surface area contributed by atoms with Crippen LogP contribution in [0.15, 0.2) is 60.7 Å². The quantitative estimate of drug-likeness (QED) is 0.238. The molecule has 1 aliphatic rings. The lowest BCUT2D eigenvalue weighted by molar-refractivity contribution is -0.385. The molecule has 0 atom stereocenters. The van der Waals surface area contributed by atoms with Crippen molar-refractivity contribution in [1.29, 1.82) is 0 Å². The molecule has 0 N–H and O–H groups in total. The Morgan fingerprint density at radius 2 is 1.97 bits per heavy atom. The Hall–Kier alpha value is -3.82. The Bertz CT molecular complexity index is 1320. The minimum atomic E-state index is -0.549. The van der Waals surface area contributed by atoms with Gasteiger partial charge in [-0.3, -0.25) is 10.1 Å². The minimum absolute atomic E-state index is 0.0339. The fraction of sp³-hybridized carbons (Fsp3) is 0.130. The summed E-state index contributed by atoms with van der Waals surface area (Å²) in [5.41, 5.74) is 2.76. The average molecular weight is 448 g/mol. The van der Waals surface area contributed by atoms with Crippen LogP contribution in [0.5, 0.6) is 5.75 Å². The standard InChI is InChI=1S/C23H16N2O6S/c26-23(30-12-15-10-16(25(27)28)9-14-11-29-13-31-21(14)15)18-6-2-1-5-17(18)22-24-19-7-3-4-8-20(19)32-22/h1-10H,11-13H2. The first-order chi connectivity index (χ1) is 15.6. The molecule has 0 aliphatic carbocycles. The molecule has 4 aromatic rings. The van der Waals surface area contributed by atoms with E-state index in [1.165, 1.54) is 23.5 Å². The lowest BCUT2D eigenvalue weighted by atomic mass is 10.1. The summed E-state index contributed by atoms with van der Waals surface area (Å²) >= 11 is 1.49. The Morgan fingerprint density at radius 3 is 2.81 bits per heavy atom. The van der Waals surface area contributed by atoms with Gasteiger partial charge in [-0.25, -0.2) is 9.78 Å². The molecule has 1 aliphatic heterocycles. The van der Waals surface area contributed by atoms with Gasteiger partial charge in [0.15, 0.2) is 6.79 Å². The normalized spacial score (nSPS) is 12.8. The van der Waals surface area contributed by atoms with Gasteiger partial charge in [-0.15, -0.1) is 11.3 Å². The number of nitrogens with zero attached hydrogens (tertiary/aromatic N) is 2. The van der Waals surface area contributed by atoms with E-state index in [0.29, 0.717) is 33.0 Å². The predicted molar refractivity (Wildman–Crippen MR) is 118 cm³/mol. The van der Waals surface area contributed by atoms with E-state index in [4.69, 9.17) is 14.2 Å². The monoisotopic (exact) mass is 448 g/mol. The number of non-ortho nitro benzene ring substituents is 1. The van der Waals surface area contributed by atoms with Crippen molar-refractivity contribution in [2.75, 3.05) is 6.79 Å². The molecule has 0 spiro atoms. The van der Waals surface area contributed by atoms with E-state index in [1.54, 1.807) is 12.1 Å². The van der Waals surface area contributed by atoms with Crippen molar-refractivity contribution in [3.8, 4) is 16.3 Å². The number of nitro groups is 1. The van der Waals surface area contributed by atoms with Crippen molar-refractivity contribution >= 4 is 33.2 Å². The zero-order chi connectivity index (χ0) is 22.1. The number of carbonyl (C=O) groups excluding carboxylic acids is 1. The molecule has 9 heteroatoms. The lowest BCUT2D eigenvalue weighted by Crippen LogP contribution is -2.15. The summed E-state index contributed by atoms with van der Waals surface area (Å²) in [6.07, 6.45) is 0. The topological polar surface area (TPSA) is 101 Å². The third kappa shape index (κ3) is 3.79. The van der Waals surface area contributed by atoms with E-state index in [1.807, 2.05) is 36.4 Å². The maximum atomic E-state index is 13.0. The highest BCUT2D eigenvalue weighted by molar-refractivity contribution is 7.21. The van der Waals surface area contributed by atoms with E-state index < -0.39 is 10.9 Å². The van der Waals surface area contributed by atoms with Crippen LogP contribution in [0.3, 0.4) is 0 Å². The van der Waals surface area contributed by atoms with E-state index in [9.17, 15) is 14.9 Å². The maximum Gasteiger partial charge on any atom is 0.339 e. The van der Waals surface area contributed by atoms with Crippen molar-refractivity contribution in [3.63, 3.8) is 0 Å². The van der Waals surface area contributed by atoms with Gasteiger partial charge in [-0.1, -0.05) is 30.3 Å². The molecule has 32 heavy (non-hydrogen) atoms. The van der Waals surface area contributed by atoms with Gasteiger partial charge >= 0.3 is 5.97 Å². The highest BCUT2D eigenvalue weighted by Crippen LogP contribution is 2.35. The van der Waals surface area contributed by atoms with Crippen LogP contribution in [-0.2, 0) is 22.7 Å². The molecule has 0 fully saturated rings. The third-order valence-corrected chi connectivity index (χ3v) is 6.08. The number of aromatic nitrogens is 1. The van der Waals surface area contributed by atoms with Crippen LogP contribution in [0, 0.1) is 10.1 Å². The van der Waals surface area contributed by atoms with Gasteiger partial charge in [0.25, 0.3) is 5.69 Å². The molecular weight excluding hydrogens is 432 g/mol. The summed E-state index contributed by atoms with van der Waals surface area (Å²) in [5.74, 6) is -0.0960. The Kier molecular flexibility index (Phi) is 5.26. The van der Waals surface area contributed by atoms with Gasteiger partial charge in [-0.2, -0.15) is 0 Å². The van der Waals surface area contributed by atoms with Crippen molar-refractivity contribution in [2.45, 2.75) is 13.2 Å². The summed E-state index contributed by atoms with van der Waals surface area (Å²) in [4.78, 5) is 28.4. The number of para-hydroxylation sites is 1. The summed E-state index contributed by atoms with van der Waals surface area (Å²) < 4.78 is 17.3. The third-order valence-electron chi connectivity index (χ3n) is 5.01. The second-order valence-electron chi connectivity index (χ2n) is 7.07. The summed E-state index contributed by atoms with van der Waals surface area (Å²) in [6.45, 7) is 0.0572. The number of thiazole rings is 1. The van der Waals surface area contributed by atoms with Crippen molar-refractivity contribution in [2.24, 2.45) is 0 Å². The van der Waals surface area contributed by atoms with Gasteiger partial charge < -0.3 is 14.2 Å². The Balaban J connectivity index is 1.43. The van der Waals surface area contributed by atoms with Crippen LogP contribution in [0.2, 0.25) is 0 Å². The van der Waals surface area contributed by atoms with Crippen LogP contribution in [0.25, 0.3) is 20.8 Å². The number of carbonyl (C=O) groups is 1. The molecule has 0 unspecified atom stereocenters. The molecule has 1 aromatic heterocycles. The SMILES string of the molecule is O=C(OCc1cc([N+](=O)[O-])cc2c1OCOC2)c1ccccc1-c1nc2ccccc2s1. The number of nitro benzene ring substituents is 1. The predicted octanol–water partition coefficient (Wildman–Crippen LogP) is 5.10. The van der Waals surface area contributed by atoms with Crippen LogP contribution in [0.1, 0.15) is 21.5 Å². The highest BCUT2D eigenvalue weighted by Gasteiger charge is 2.23. The highest BCUT2D eigenvalue weighted by atomic mass is 32.1. The van der Waals surface area contributed by atoms with Gasteiger partial charge in [0.05, 0.1) is 27.3 Å². The molecule has 0 saturated carbocycles. The molecule has 8 nitrogen and oxygen atoms in total. The molecule has 3 aromatic carbocycles. The van der Waals surface area contributed by atoms with Crippen LogP contribution in [-0.4, -0.2) is 22.7 Å². The molecule has 160 valence electrons. The minimum Gasteiger partial charge on any atom is -0.467 e. The van der Waals surface area contributed by atoms with Gasteiger partial charge in [-0.05, 0) is 18.2 Å². The maximum absolute atomic E-state index is 13.0. The first-order valence-electron chi connectivity index (χ1n) is 9.73. The van der Waals surface area contributed by atoms with E-state index in [-0.39, 0.29) is 25.7 Å². The van der Waals surface area contributed by atoms with E-state index in [0.717, 1.165) is 10.2 Å². The second-order valence-corrected chi connectivity index (χ2v) is 8.10. The first kappa shape index (κ1) is 20.1. The average Bonchev–Trinajstić information content (AvgIpc) is 3.26. The largest absolute Gasteiger partial charge is 0.467 e. The number of hydrogen-bond donors (Lipinski definition) is 0. The van der Waals surface area contributed by atoms with Crippen LogP contribution >= 0.6 is 11.3 Å². The number of hydrogen-bond acceptors (Lipinski definition) is 8. The van der Waals surface area contributed by atoms with Gasteiger partial charge in [0, 0.05) is 28.8 Å². The lowest BCUT2D eigenvalue weighted by Gasteiger charge is -2.20. The summed E-state index contributed by atoms with van der Waals surface area (Å²) in [7, 11) is 0. The molecule has 5 rings (SSSR count). The van der Waals surface area contributed by atoms with E-state index in [2.05, 4.69) is 4.98 Å². The molecule has 0 saturated heterocycles. The Morgan fingerprint density at radius 1 is 1.16 bits per heavy atom. The molecule has 0 radical (unpaired) electrons. The van der Waals surface area contributed by atoms with Gasteiger partial charge in [0.1, 0.15) is 17.4 Å². The number of esters is 1.